The molecule has 2 aliphatic rings. The summed E-state index contributed by atoms with van der Waals surface area (Å²) in [7, 11) is 2.07. The lowest BCUT2D eigenvalue weighted by atomic mass is 10.1. The molecule has 33 heavy (non-hydrogen) atoms. The first-order chi connectivity index (χ1) is 15.9. The van der Waals surface area contributed by atoms with Gasteiger partial charge in [-0.05, 0) is 25.2 Å². The number of carbonyl (C=O) groups is 1. The fraction of sp³-hybridized carbons (Fsp3) is 0.455. The lowest BCUT2D eigenvalue weighted by molar-refractivity contribution is 0.0869. The highest BCUT2D eigenvalue weighted by Crippen LogP contribution is 2.29. The zero-order chi connectivity index (χ0) is 23.4. The van der Waals surface area contributed by atoms with Gasteiger partial charge in [-0.15, -0.1) is 0 Å². The van der Waals surface area contributed by atoms with Gasteiger partial charge >= 0.3 is 6.09 Å². The number of amides is 1. The molecule has 2 aromatic rings. The second kappa shape index (κ2) is 9.87. The zero-order valence-corrected chi connectivity index (χ0v) is 18.4. The molecule has 4 rings (SSSR count). The number of likely N-dealkylation sites (tertiary alicyclic amines) is 1. The topological polar surface area (TPSA) is 118 Å². The molecule has 2 N–H and O–H groups in total. The number of halogens is 1. The average molecular weight is 455 g/mol. The van der Waals surface area contributed by atoms with E-state index in [1.165, 1.54) is 17.3 Å². The second-order valence-electron chi connectivity index (χ2n) is 8.18. The summed E-state index contributed by atoms with van der Waals surface area (Å²) in [6.45, 7) is 4.21. The lowest BCUT2D eigenvalue weighted by Gasteiger charge is -2.34. The summed E-state index contributed by atoms with van der Waals surface area (Å²) in [5, 5.41) is 21.6. The zero-order valence-electron chi connectivity index (χ0n) is 18.4. The summed E-state index contributed by atoms with van der Waals surface area (Å²) in [4.78, 5) is 24.9. The van der Waals surface area contributed by atoms with Gasteiger partial charge in [-0.1, -0.05) is 0 Å². The van der Waals surface area contributed by atoms with Crippen LogP contribution in [0.1, 0.15) is 18.4 Å². The van der Waals surface area contributed by atoms with E-state index < -0.39 is 11.9 Å². The van der Waals surface area contributed by atoms with Gasteiger partial charge in [0.1, 0.15) is 24.3 Å². The molecule has 3 heterocycles. The Labute approximate surface area is 191 Å². The van der Waals surface area contributed by atoms with Crippen molar-refractivity contribution in [2.24, 2.45) is 0 Å². The number of piperazine rings is 1. The summed E-state index contributed by atoms with van der Waals surface area (Å²) in [5.74, 6) is -0.201. The Morgan fingerprint density at radius 1 is 1.21 bits per heavy atom. The van der Waals surface area contributed by atoms with E-state index in [2.05, 4.69) is 32.1 Å². The van der Waals surface area contributed by atoms with Crippen LogP contribution in [0, 0.1) is 17.1 Å². The Bertz CT molecular complexity index is 1040. The maximum Gasteiger partial charge on any atom is 0.407 e. The first-order valence-corrected chi connectivity index (χ1v) is 10.8. The Hall–Kier alpha value is -3.65. The van der Waals surface area contributed by atoms with Crippen molar-refractivity contribution in [1.29, 1.82) is 5.26 Å². The number of piperidine rings is 1. The highest BCUT2D eigenvalue weighted by Gasteiger charge is 2.25. The van der Waals surface area contributed by atoms with Gasteiger partial charge in [-0.25, -0.2) is 19.2 Å². The van der Waals surface area contributed by atoms with Crippen LogP contribution in [-0.2, 0) is 0 Å². The van der Waals surface area contributed by atoms with Crippen LogP contribution < -0.4 is 15.0 Å². The summed E-state index contributed by atoms with van der Waals surface area (Å²) in [6.07, 6.45) is 1.01. The number of nitrogens with zero attached hydrogens (tertiary/aromatic N) is 6. The summed E-state index contributed by atoms with van der Waals surface area (Å²) in [6, 6.07) is 6.99. The van der Waals surface area contributed by atoms with Crippen molar-refractivity contribution in [2.75, 3.05) is 56.5 Å². The predicted octanol–water partition coefficient (Wildman–Crippen LogP) is 2.50. The molecule has 1 amide bonds. The molecule has 174 valence electrons. The quantitative estimate of drug-likeness (QED) is 0.701. The first-order valence-electron chi connectivity index (χ1n) is 10.8. The summed E-state index contributed by atoms with van der Waals surface area (Å²) >= 11 is 0. The van der Waals surface area contributed by atoms with Crippen molar-refractivity contribution < 1.29 is 19.0 Å². The molecular formula is C22H26FN7O3. The molecule has 0 aliphatic carbocycles. The maximum absolute atomic E-state index is 14.9. The number of likely N-dealkylation sites (N-methyl/N-ethyl adjacent to an activating group) is 1. The van der Waals surface area contributed by atoms with Gasteiger partial charge in [0.25, 0.3) is 0 Å². The van der Waals surface area contributed by atoms with E-state index >= 15 is 0 Å². The van der Waals surface area contributed by atoms with Crippen LogP contribution in [0.5, 0.6) is 5.88 Å². The largest absolute Gasteiger partial charge is 0.473 e. The lowest BCUT2D eigenvalue weighted by Crippen LogP contribution is -2.44. The number of aromatic nitrogens is 2. The van der Waals surface area contributed by atoms with E-state index in [1.54, 1.807) is 6.07 Å². The van der Waals surface area contributed by atoms with Crippen LogP contribution in [-0.4, -0.2) is 83.4 Å². The van der Waals surface area contributed by atoms with Crippen LogP contribution in [0.3, 0.4) is 0 Å². The molecule has 0 radical (unpaired) electrons. The number of nitrogens with one attached hydrogen (secondary N) is 1. The number of hydrogen-bond acceptors (Lipinski definition) is 8. The molecule has 0 saturated carbocycles. The van der Waals surface area contributed by atoms with Gasteiger partial charge in [0.15, 0.2) is 11.4 Å². The number of rotatable bonds is 5. The summed E-state index contributed by atoms with van der Waals surface area (Å²) < 4.78 is 20.8. The summed E-state index contributed by atoms with van der Waals surface area (Å²) in [5.41, 5.74) is 1.08. The highest BCUT2D eigenvalue weighted by molar-refractivity contribution is 5.67. The van der Waals surface area contributed by atoms with Crippen LogP contribution >= 0.6 is 0 Å². The molecule has 0 spiro atoms. The smallest absolute Gasteiger partial charge is 0.407 e. The minimum atomic E-state index is -0.958. The molecule has 1 aromatic heterocycles. The monoisotopic (exact) mass is 455 g/mol. The first kappa shape index (κ1) is 22.5. The van der Waals surface area contributed by atoms with Gasteiger partial charge in [0.2, 0.25) is 5.88 Å². The number of nitriles is 1. The van der Waals surface area contributed by atoms with Gasteiger partial charge in [-0.2, -0.15) is 5.26 Å². The minimum Gasteiger partial charge on any atom is -0.473 e. The van der Waals surface area contributed by atoms with Crippen LogP contribution in [0.2, 0.25) is 0 Å². The van der Waals surface area contributed by atoms with Gasteiger partial charge in [0.05, 0.1) is 5.69 Å². The van der Waals surface area contributed by atoms with Gasteiger partial charge in [0, 0.05) is 57.8 Å². The molecule has 0 unspecified atom stereocenters. The fourth-order valence-electron chi connectivity index (χ4n) is 3.97. The molecule has 2 aliphatic heterocycles. The van der Waals surface area contributed by atoms with E-state index in [4.69, 9.17) is 9.84 Å². The second-order valence-corrected chi connectivity index (χ2v) is 8.18. The molecule has 10 nitrogen and oxygen atoms in total. The predicted molar refractivity (Wildman–Crippen MR) is 119 cm³/mol. The third kappa shape index (κ3) is 5.23. The Morgan fingerprint density at radius 2 is 1.94 bits per heavy atom. The van der Waals surface area contributed by atoms with Crippen molar-refractivity contribution in [3.05, 3.63) is 35.9 Å². The van der Waals surface area contributed by atoms with Crippen molar-refractivity contribution >= 4 is 23.3 Å². The SMILES string of the molecule is CN1CCN(c2ccc(Nc3ncnc(OC4CCN(C(=O)O)CC4)c3C#N)c(F)c2)CC1. The molecular weight excluding hydrogens is 429 g/mol. The Kier molecular flexibility index (Phi) is 6.74. The average Bonchev–Trinajstić information content (AvgIpc) is 2.81. The normalized spacial score (nSPS) is 17.5. The van der Waals surface area contributed by atoms with Crippen LogP contribution in [0.25, 0.3) is 0 Å². The van der Waals surface area contributed by atoms with Gasteiger partial charge in [-0.3, -0.25) is 0 Å². The van der Waals surface area contributed by atoms with E-state index in [9.17, 15) is 14.4 Å². The minimum absolute atomic E-state index is 0.0701. The van der Waals surface area contributed by atoms with Crippen molar-refractivity contribution in [3.63, 3.8) is 0 Å². The Balaban J connectivity index is 1.46. The molecule has 1 aromatic carbocycles. The van der Waals surface area contributed by atoms with Crippen LogP contribution in [0.4, 0.5) is 26.4 Å². The molecule has 0 bridgehead atoms. The molecule has 2 saturated heterocycles. The standard InChI is InChI=1S/C22H26FN7O3/c1-28-8-10-29(11-9-28)15-2-3-19(18(23)12-15)27-20-17(13-24)21(26-14-25-20)33-16-4-6-30(7-5-16)22(31)32/h2-3,12,14,16H,4-11H2,1H3,(H,31,32)(H,25,26,27). The Morgan fingerprint density at radius 3 is 2.58 bits per heavy atom. The number of hydrogen-bond donors (Lipinski definition) is 2. The number of anilines is 3. The third-order valence-corrected chi connectivity index (χ3v) is 5.99. The number of carboxylic acid groups (broad SMARTS) is 1. The third-order valence-electron chi connectivity index (χ3n) is 5.99. The molecule has 2 fully saturated rings. The van der Waals surface area contributed by atoms with E-state index in [1.807, 2.05) is 12.1 Å². The highest BCUT2D eigenvalue weighted by atomic mass is 19.1. The molecule has 11 heteroatoms. The van der Waals surface area contributed by atoms with E-state index in [-0.39, 0.29) is 29.1 Å². The fourth-order valence-corrected chi connectivity index (χ4v) is 3.97. The van der Waals surface area contributed by atoms with Crippen LogP contribution in [0.15, 0.2) is 24.5 Å². The number of ether oxygens (including phenoxy) is 1. The maximum atomic E-state index is 14.9. The molecule has 0 atom stereocenters. The number of benzene rings is 1. The van der Waals surface area contributed by atoms with E-state index in [0.29, 0.717) is 25.9 Å². The van der Waals surface area contributed by atoms with Crippen molar-refractivity contribution in [1.82, 2.24) is 19.8 Å². The van der Waals surface area contributed by atoms with Crippen molar-refractivity contribution in [2.45, 2.75) is 18.9 Å². The van der Waals surface area contributed by atoms with E-state index in [0.717, 1.165) is 31.9 Å². The van der Waals surface area contributed by atoms with Gasteiger partial charge < -0.3 is 29.9 Å². The van der Waals surface area contributed by atoms with Crippen molar-refractivity contribution in [3.8, 4) is 11.9 Å².